The van der Waals surface area contributed by atoms with Crippen molar-refractivity contribution < 1.29 is 18.3 Å². The highest BCUT2D eigenvalue weighted by atomic mass is 19.1. The number of nitrogens with two attached hydrogens (primary N) is 1. The third kappa shape index (κ3) is 3.32. The van der Waals surface area contributed by atoms with E-state index in [0.29, 0.717) is 19.3 Å². The van der Waals surface area contributed by atoms with Crippen LogP contribution in [0.15, 0.2) is 6.07 Å². The van der Waals surface area contributed by atoms with Crippen molar-refractivity contribution in [2.75, 3.05) is 25.6 Å². The number of rotatable bonds is 5. The van der Waals surface area contributed by atoms with Gasteiger partial charge >= 0.3 is 0 Å². The van der Waals surface area contributed by atoms with Gasteiger partial charge < -0.3 is 15.2 Å². The molecule has 1 aromatic rings. The topological polar surface area (TPSA) is 57.4 Å². The van der Waals surface area contributed by atoms with Crippen molar-refractivity contribution in [3.63, 3.8) is 0 Å². The highest BCUT2D eigenvalue weighted by Gasteiger charge is 2.10. The molecule has 0 fully saturated rings. The molecule has 0 bridgehead atoms. The van der Waals surface area contributed by atoms with Gasteiger partial charge in [0, 0.05) is 12.7 Å². The summed E-state index contributed by atoms with van der Waals surface area (Å²) in [6.45, 7) is 2.83. The van der Waals surface area contributed by atoms with E-state index in [9.17, 15) is 8.78 Å². The van der Waals surface area contributed by atoms with Gasteiger partial charge in [-0.05, 0) is 6.92 Å². The van der Waals surface area contributed by atoms with Crippen LogP contribution >= 0.6 is 0 Å². The maximum atomic E-state index is 13.0. The SMILES string of the molecule is CCOCCOc1nc(N)c(F)cc1F. The second-order valence-electron chi connectivity index (χ2n) is 2.69. The Morgan fingerprint density at radius 1 is 1.33 bits per heavy atom. The van der Waals surface area contributed by atoms with Crippen molar-refractivity contribution in [2.45, 2.75) is 6.92 Å². The van der Waals surface area contributed by atoms with Gasteiger partial charge in [-0.1, -0.05) is 0 Å². The number of hydrogen-bond donors (Lipinski definition) is 1. The van der Waals surface area contributed by atoms with Gasteiger partial charge in [0.25, 0.3) is 5.88 Å². The maximum Gasteiger partial charge on any atom is 0.252 e. The molecule has 0 saturated heterocycles. The molecule has 0 unspecified atom stereocenters. The third-order valence-electron chi connectivity index (χ3n) is 1.60. The zero-order valence-electron chi connectivity index (χ0n) is 8.30. The number of hydrogen-bond acceptors (Lipinski definition) is 4. The minimum absolute atomic E-state index is 0.142. The lowest BCUT2D eigenvalue weighted by Gasteiger charge is -2.07. The van der Waals surface area contributed by atoms with Gasteiger partial charge in [-0.25, -0.2) is 8.78 Å². The Kier molecular flexibility index (Phi) is 4.23. The lowest BCUT2D eigenvalue weighted by atomic mass is 10.4. The smallest absolute Gasteiger partial charge is 0.252 e. The summed E-state index contributed by atoms with van der Waals surface area (Å²) >= 11 is 0. The number of aromatic nitrogens is 1. The van der Waals surface area contributed by atoms with E-state index < -0.39 is 11.6 Å². The van der Waals surface area contributed by atoms with Crippen LogP contribution in [0.1, 0.15) is 6.92 Å². The fourth-order valence-electron chi connectivity index (χ4n) is 0.906. The molecule has 15 heavy (non-hydrogen) atoms. The summed E-state index contributed by atoms with van der Waals surface area (Å²) in [5, 5.41) is 0. The molecule has 0 saturated carbocycles. The fraction of sp³-hybridized carbons (Fsp3) is 0.444. The highest BCUT2D eigenvalue weighted by molar-refractivity contribution is 5.34. The van der Waals surface area contributed by atoms with Gasteiger partial charge in [0.1, 0.15) is 6.61 Å². The largest absolute Gasteiger partial charge is 0.473 e. The van der Waals surface area contributed by atoms with Crippen molar-refractivity contribution in [3.8, 4) is 5.88 Å². The Balaban J connectivity index is 2.57. The number of nitrogen functional groups attached to an aromatic ring is 1. The van der Waals surface area contributed by atoms with Crippen molar-refractivity contribution in [3.05, 3.63) is 17.7 Å². The summed E-state index contributed by atoms with van der Waals surface area (Å²) in [4.78, 5) is 3.42. The summed E-state index contributed by atoms with van der Waals surface area (Å²) in [6, 6.07) is 0.637. The van der Waals surface area contributed by atoms with E-state index in [4.69, 9.17) is 15.2 Å². The van der Waals surface area contributed by atoms with Crippen LogP contribution in [0.2, 0.25) is 0 Å². The zero-order chi connectivity index (χ0) is 11.3. The van der Waals surface area contributed by atoms with Gasteiger partial charge in [-0.3, -0.25) is 0 Å². The Morgan fingerprint density at radius 2 is 2.07 bits per heavy atom. The van der Waals surface area contributed by atoms with E-state index in [2.05, 4.69) is 4.98 Å². The normalized spacial score (nSPS) is 10.3. The highest BCUT2D eigenvalue weighted by Crippen LogP contribution is 2.18. The molecule has 2 N–H and O–H groups in total. The van der Waals surface area contributed by atoms with E-state index in [0.717, 1.165) is 0 Å². The average Bonchev–Trinajstić information content (AvgIpc) is 2.20. The standard InChI is InChI=1S/C9H12F2N2O2/c1-2-14-3-4-15-9-7(11)5-6(10)8(12)13-9/h5H,2-4H2,1H3,(H2,12,13). The Morgan fingerprint density at radius 3 is 2.73 bits per heavy atom. The predicted molar refractivity (Wildman–Crippen MR) is 50.6 cm³/mol. The van der Waals surface area contributed by atoms with Gasteiger partial charge in [0.15, 0.2) is 17.5 Å². The average molecular weight is 218 g/mol. The molecular weight excluding hydrogens is 206 g/mol. The zero-order valence-corrected chi connectivity index (χ0v) is 8.30. The minimum Gasteiger partial charge on any atom is -0.473 e. The first kappa shape index (κ1) is 11.6. The van der Waals surface area contributed by atoms with Gasteiger partial charge in [-0.2, -0.15) is 4.98 Å². The van der Waals surface area contributed by atoms with Crippen LogP contribution in [0, 0.1) is 11.6 Å². The first-order valence-electron chi connectivity index (χ1n) is 4.47. The van der Waals surface area contributed by atoms with Crippen molar-refractivity contribution >= 4 is 5.82 Å². The first-order valence-corrected chi connectivity index (χ1v) is 4.47. The van der Waals surface area contributed by atoms with Crippen LogP contribution in [0.5, 0.6) is 5.88 Å². The molecule has 4 nitrogen and oxygen atoms in total. The summed E-state index contributed by atoms with van der Waals surface area (Å²) in [5.74, 6) is -2.47. The number of halogens is 2. The van der Waals surface area contributed by atoms with Gasteiger partial charge in [0.05, 0.1) is 6.61 Å². The molecule has 1 heterocycles. The van der Waals surface area contributed by atoms with Crippen LogP contribution in [-0.4, -0.2) is 24.8 Å². The molecular formula is C9H12F2N2O2. The van der Waals surface area contributed by atoms with E-state index in [1.165, 1.54) is 0 Å². The minimum atomic E-state index is -0.898. The molecule has 0 radical (unpaired) electrons. The van der Waals surface area contributed by atoms with Crippen LogP contribution in [0.25, 0.3) is 0 Å². The first-order chi connectivity index (χ1) is 7.15. The number of nitrogens with zero attached hydrogens (tertiary/aromatic N) is 1. The Hall–Kier alpha value is -1.43. The van der Waals surface area contributed by atoms with Crippen LogP contribution < -0.4 is 10.5 Å². The van der Waals surface area contributed by atoms with Crippen molar-refractivity contribution in [1.29, 1.82) is 0 Å². The molecule has 0 atom stereocenters. The quantitative estimate of drug-likeness (QED) is 0.758. The molecule has 6 heteroatoms. The van der Waals surface area contributed by atoms with Crippen LogP contribution in [-0.2, 0) is 4.74 Å². The maximum absolute atomic E-state index is 13.0. The molecule has 0 aliphatic carbocycles. The Bertz CT molecular complexity index is 334. The molecule has 0 aromatic carbocycles. The summed E-state index contributed by atoms with van der Waals surface area (Å²) in [6.07, 6.45) is 0. The Labute approximate surface area is 86.0 Å². The second kappa shape index (κ2) is 5.45. The van der Waals surface area contributed by atoms with Crippen LogP contribution in [0.4, 0.5) is 14.6 Å². The third-order valence-corrected chi connectivity index (χ3v) is 1.60. The summed E-state index contributed by atoms with van der Waals surface area (Å²) < 4.78 is 35.6. The second-order valence-corrected chi connectivity index (χ2v) is 2.69. The van der Waals surface area contributed by atoms with E-state index in [-0.39, 0.29) is 18.3 Å². The van der Waals surface area contributed by atoms with Gasteiger partial charge in [-0.15, -0.1) is 0 Å². The van der Waals surface area contributed by atoms with E-state index >= 15 is 0 Å². The van der Waals surface area contributed by atoms with E-state index in [1.54, 1.807) is 0 Å². The van der Waals surface area contributed by atoms with Crippen molar-refractivity contribution in [1.82, 2.24) is 4.98 Å². The fourth-order valence-corrected chi connectivity index (χ4v) is 0.906. The molecule has 0 amide bonds. The van der Waals surface area contributed by atoms with Crippen molar-refractivity contribution in [2.24, 2.45) is 0 Å². The molecule has 0 spiro atoms. The summed E-state index contributed by atoms with van der Waals surface area (Å²) in [5.41, 5.74) is 5.16. The lowest BCUT2D eigenvalue weighted by Crippen LogP contribution is -2.09. The molecule has 1 rings (SSSR count). The summed E-state index contributed by atoms with van der Waals surface area (Å²) in [7, 11) is 0. The molecule has 0 aliphatic heterocycles. The predicted octanol–water partition coefficient (Wildman–Crippen LogP) is 1.36. The van der Waals surface area contributed by atoms with Crippen LogP contribution in [0.3, 0.4) is 0 Å². The molecule has 1 aromatic heterocycles. The number of ether oxygens (including phenoxy) is 2. The number of pyridine rings is 1. The monoisotopic (exact) mass is 218 g/mol. The van der Waals surface area contributed by atoms with Gasteiger partial charge in [0.2, 0.25) is 0 Å². The molecule has 0 aliphatic rings. The number of anilines is 1. The van der Waals surface area contributed by atoms with E-state index in [1.807, 2.05) is 6.92 Å². The molecule has 84 valence electrons. The lowest BCUT2D eigenvalue weighted by molar-refractivity contribution is 0.106.